The van der Waals surface area contributed by atoms with Gasteiger partial charge in [0.15, 0.2) is 15.7 Å². The molecule has 1 aromatic rings. The summed E-state index contributed by atoms with van der Waals surface area (Å²) in [5.74, 6) is -2.06. The van der Waals surface area contributed by atoms with E-state index in [0.29, 0.717) is 5.56 Å². The number of hydrogen-bond acceptors (Lipinski definition) is 3. The first-order valence-electron chi connectivity index (χ1n) is 4.04. The molecule has 6 heteroatoms. The van der Waals surface area contributed by atoms with Crippen LogP contribution in [0.1, 0.15) is 15.9 Å². The normalized spacial score (nSPS) is 11.4. The number of benzene rings is 1. The smallest absolute Gasteiger partial charge is 0.251 e. The highest BCUT2D eigenvalue weighted by atomic mass is 32.2. The molecule has 82 valence electrons. The van der Waals surface area contributed by atoms with Crippen molar-refractivity contribution in [3.8, 4) is 0 Å². The predicted molar refractivity (Wildman–Crippen MR) is 52.8 cm³/mol. The summed E-state index contributed by atoms with van der Waals surface area (Å²) in [4.78, 5) is 10.4. The highest BCUT2D eigenvalue weighted by Crippen LogP contribution is 2.20. The van der Waals surface area contributed by atoms with Crippen molar-refractivity contribution in [3.05, 3.63) is 29.1 Å². The van der Waals surface area contributed by atoms with Crippen LogP contribution in [0.2, 0.25) is 0 Å². The SMILES string of the molecule is Cc1ccc(S(C)(=O)=O)c(F)c1C(N)=O. The molecule has 0 aliphatic rings. The minimum atomic E-state index is -3.69. The van der Waals surface area contributed by atoms with Gasteiger partial charge < -0.3 is 5.73 Å². The van der Waals surface area contributed by atoms with Crippen LogP contribution in [-0.2, 0) is 9.84 Å². The summed E-state index contributed by atoms with van der Waals surface area (Å²) in [6.07, 6.45) is 0.867. The lowest BCUT2D eigenvalue weighted by atomic mass is 10.1. The number of amides is 1. The molecule has 1 rings (SSSR count). The van der Waals surface area contributed by atoms with Gasteiger partial charge in [0.2, 0.25) is 0 Å². The highest BCUT2D eigenvalue weighted by Gasteiger charge is 2.21. The van der Waals surface area contributed by atoms with Crippen molar-refractivity contribution in [1.29, 1.82) is 0 Å². The number of sulfone groups is 1. The number of hydrogen-bond donors (Lipinski definition) is 1. The topological polar surface area (TPSA) is 77.2 Å². The summed E-state index contributed by atoms with van der Waals surface area (Å²) in [6.45, 7) is 1.48. The van der Waals surface area contributed by atoms with E-state index in [1.807, 2.05) is 0 Å². The molecular formula is C9H10FNO3S. The Hall–Kier alpha value is -1.43. The van der Waals surface area contributed by atoms with Gasteiger partial charge in [0.05, 0.1) is 5.56 Å². The fraction of sp³-hybridized carbons (Fsp3) is 0.222. The molecule has 0 saturated heterocycles. The van der Waals surface area contributed by atoms with Gasteiger partial charge in [-0.1, -0.05) is 6.07 Å². The van der Waals surface area contributed by atoms with Gasteiger partial charge in [0, 0.05) is 6.26 Å². The van der Waals surface area contributed by atoms with Gasteiger partial charge in [-0.15, -0.1) is 0 Å². The van der Waals surface area contributed by atoms with Gasteiger partial charge >= 0.3 is 0 Å². The molecule has 2 N–H and O–H groups in total. The van der Waals surface area contributed by atoms with Crippen LogP contribution in [0.25, 0.3) is 0 Å². The molecule has 0 aliphatic carbocycles. The maximum absolute atomic E-state index is 13.6. The number of aryl methyl sites for hydroxylation is 1. The third-order valence-corrected chi connectivity index (χ3v) is 3.07. The van der Waals surface area contributed by atoms with Crippen LogP contribution in [0.4, 0.5) is 4.39 Å². The van der Waals surface area contributed by atoms with E-state index in [1.165, 1.54) is 13.0 Å². The van der Waals surface area contributed by atoms with E-state index in [9.17, 15) is 17.6 Å². The lowest BCUT2D eigenvalue weighted by molar-refractivity contribution is 0.0995. The molecule has 0 unspecified atom stereocenters. The van der Waals surface area contributed by atoms with Crippen LogP contribution in [0.15, 0.2) is 17.0 Å². The standard InChI is InChI=1S/C9H10FNO3S/c1-5-3-4-6(15(2,13)14)8(10)7(5)9(11)12/h3-4H,1-2H3,(H2,11,12). The molecule has 0 heterocycles. The van der Waals surface area contributed by atoms with Crippen LogP contribution in [0.5, 0.6) is 0 Å². The third-order valence-electron chi connectivity index (χ3n) is 1.96. The Bertz CT molecular complexity index is 522. The number of rotatable bonds is 2. The van der Waals surface area contributed by atoms with Crippen molar-refractivity contribution in [2.75, 3.05) is 6.26 Å². The molecule has 0 aromatic heterocycles. The van der Waals surface area contributed by atoms with Gasteiger partial charge in [0.25, 0.3) is 5.91 Å². The first-order valence-corrected chi connectivity index (χ1v) is 5.93. The average Bonchev–Trinajstić information content (AvgIpc) is 2.00. The van der Waals surface area contributed by atoms with E-state index in [2.05, 4.69) is 0 Å². The molecule has 0 fully saturated rings. The number of carbonyl (C=O) groups excluding carboxylic acids is 1. The lowest BCUT2D eigenvalue weighted by Gasteiger charge is -2.07. The molecule has 0 radical (unpaired) electrons. The molecule has 1 aromatic carbocycles. The fourth-order valence-electron chi connectivity index (χ4n) is 1.24. The fourth-order valence-corrected chi connectivity index (χ4v) is 1.99. The van der Waals surface area contributed by atoms with Crippen LogP contribution >= 0.6 is 0 Å². The maximum Gasteiger partial charge on any atom is 0.251 e. The Morgan fingerprint density at radius 2 is 1.93 bits per heavy atom. The Kier molecular flexibility index (Phi) is 2.81. The van der Waals surface area contributed by atoms with E-state index in [-0.39, 0.29) is 5.56 Å². The first-order chi connectivity index (χ1) is 6.75. The summed E-state index contributed by atoms with van der Waals surface area (Å²) in [5, 5.41) is 0. The van der Waals surface area contributed by atoms with Crippen molar-refractivity contribution in [2.45, 2.75) is 11.8 Å². The average molecular weight is 231 g/mol. The van der Waals surface area contributed by atoms with Gasteiger partial charge in [-0.2, -0.15) is 0 Å². The van der Waals surface area contributed by atoms with Gasteiger partial charge in [-0.3, -0.25) is 4.79 Å². The monoisotopic (exact) mass is 231 g/mol. The van der Waals surface area contributed by atoms with Gasteiger partial charge in [0.1, 0.15) is 4.90 Å². The lowest BCUT2D eigenvalue weighted by Crippen LogP contribution is -2.17. The minimum Gasteiger partial charge on any atom is -0.365 e. The van der Waals surface area contributed by atoms with Crippen LogP contribution < -0.4 is 5.73 Å². The summed E-state index contributed by atoms with van der Waals surface area (Å²) in [6, 6.07) is 2.46. The quantitative estimate of drug-likeness (QED) is 0.811. The van der Waals surface area contributed by atoms with E-state index in [1.54, 1.807) is 0 Å². The van der Waals surface area contributed by atoms with E-state index in [4.69, 9.17) is 5.73 Å². The Morgan fingerprint density at radius 3 is 2.33 bits per heavy atom. The van der Waals surface area contributed by atoms with Crippen molar-refractivity contribution in [3.63, 3.8) is 0 Å². The first kappa shape index (κ1) is 11.6. The second kappa shape index (κ2) is 3.62. The van der Waals surface area contributed by atoms with Crippen LogP contribution in [-0.4, -0.2) is 20.6 Å². The second-order valence-electron chi connectivity index (χ2n) is 3.21. The molecule has 15 heavy (non-hydrogen) atoms. The van der Waals surface area contributed by atoms with E-state index < -0.39 is 26.5 Å². The van der Waals surface area contributed by atoms with Crippen molar-refractivity contribution in [2.24, 2.45) is 5.73 Å². The number of halogens is 1. The Labute approximate surface area is 86.8 Å². The number of nitrogens with two attached hydrogens (primary N) is 1. The molecule has 0 aliphatic heterocycles. The largest absolute Gasteiger partial charge is 0.365 e. The molecule has 0 saturated carbocycles. The van der Waals surface area contributed by atoms with Crippen molar-refractivity contribution in [1.82, 2.24) is 0 Å². The second-order valence-corrected chi connectivity index (χ2v) is 5.19. The zero-order chi connectivity index (χ0) is 11.8. The maximum atomic E-state index is 13.6. The number of primary amides is 1. The molecule has 1 amide bonds. The van der Waals surface area contributed by atoms with Crippen molar-refractivity contribution >= 4 is 15.7 Å². The molecule has 4 nitrogen and oxygen atoms in total. The Morgan fingerprint density at radius 1 is 1.40 bits per heavy atom. The minimum absolute atomic E-state index is 0.312. The van der Waals surface area contributed by atoms with Crippen molar-refractivity contribution < 1.29 is 17.6 Å². The van der Waals surface area contributed by atoms with Gasteiger partial charge in [-0.25, -0.2) is 12.8 Å². The molecule has 0 bridgehead atoms. The predicted octanol–water partition coefficient (Wildman–Crippen LogP) is 0.637. The van der Waals surface area contributed by atoms with E-state index in [0.717, 1.165) is 12.3 Å². The zero-order valence-electron chi connectivity index (χ0n) is 8.24. The molecule has 0 atom stereocenters. The third kappa shape index (κ3) is 2.15. The highest BCUT2D eigenvalue weighted by molar-refractivity contribution is 7.90. The summed E-state index contributed by atoms with van der Waals surface area (Å²) in [5.41, 5.74) is 4.89. The van der Waals surface area contributed by atoms with Gasteiger partial charge in [-0.05, 0) is 18.6 Å². The molecular weight excluding hydrogens is 221 g/mol. The number of carbonyl (C=O) groups is 1. The summed E-state index contributed by atoms with van der Waals surface area (Å²) >= 11 is 0. The summed E-state index contributed by atoms with van der Waals surface area (Å²) in [7, 11) is -3.69. The Balaban J connectivity index is 3.64. The summed E-state index contributed by atoms with van der Waals surface area (Å²) < 4.78 is 35.9. The van der Waals surface area contributed by atoms with Crippen LogP contribution in [0, 0.1) is 12.7 Å². The van der Waals surface area contributed by atoms with Crippen LogP contribution in [0.3, 0.4) is 0 Å². The zero-order valence-corrected chi connectivity index (χ0v) is 9.06. The van der Waals surface area contributed by atoms with E-state index >= 15 is 0 Å². The molecule has 0 spiro atoms.